The van der Waals surface area contributed by atoms with Gasteiger partial charge < -0.3 is 15.6 Å². The highest BCUT2D eigenvalue weighted by molar-refractivity contribution is 6.24. The molecule has 196 valence electrons. The number of hydrogen-bond donors (Lipinski definition) is 3. The van der Waals surface area contributed by atoms with E-state index in [2.05, 4.69) is 20.6 Å². The smallest absolute Gasteiger partial charge is 0.269 e. The molecule has 0 fully saturated rings. The highest BCUT2D eigenvalue weighted by Gasteiger charge is 2.36. The van der Waals surface area contributed by atoms with Gasteiger partial charge in [0, 0.05) is 36.9 Å². The third-order valence-corrected chi connectivity index (χ3v) is 6.54. The monoisotopic (exact) mass is 522 g/mol. The number of H-pyrrole nitrogens is 1. The van der Waals surface area contributed by atoms with Crippen molar-refractivity contribution in [1.29, 1.82) is 0 Å². The number of nitrogens with one attached hydrogen (secondary N) is 3. The lowest BCUT2D eigenvalue weighted by molar-refractivity contribution is -0.384. The molecule has 0 saturated carbocycles. The molecule has 10 heteroatoms. The zero-order chi connectivity index (χ0) is 27.4. The molecule has 0 bridgehead atoms. The predicted octanol–water partition coefficient (Wildman–Crippen LogP) is 4.91. The minimum Gasteiger partial charge on any atom is -0.356 e. The second kappa shape index (κ2) is 11.1. The van der Waals surface area contributed by atoms with E-state index < -0.39 is 10.8 Å². The average molecular weight is 523 g/mol. The van der Waals surface area contributed by atoms with Crippen LogP contribution in [0.15, 0.2) is 84.2 Å². The van der Waals surface area contributed by atoms with Gasteiger partial charge in [-0.15, -0.1) is 0 Å². The number of carbonyl (C=O) groups excluding carboxylic acids is 2. The topological polar surface area (TPSA) is 142 Å². The highest BCUT2D eigenvalue weighted by atomic mass is 16.6. The Morgan fingerprint density at radius 2 is 1.87 bits per heavy atom. The van der Waals surface area contributed by atoms with Crippen LogP contribution in [-0.4, -0.2) is 39.0 Å². The number of benzene rings is 3. The van der Waals surface area contributed by atoms with Crippen molar-refractivity contribution in [1.82, 2.24) is 15.3 Å². The molecule has 1 unspecified atom stereocenters. The van der Waals surface area contributed by atoms with Crippen molar-refractivity contribution in [2.75, 3.05) is 11.9 Å². The number of imidazole rings is 1. The minimum absolute atomic E-state index is 0.0563. The molecule has 0 radical (unpaired) electrons. The Labute approximate surface area is 224 Å². The molecule has 0 spiro atoms. The van der Waals surface area contributed by atoms with Crippen LogP contribution in [0.3, 0.4) is 0 Å². The molecule has 1 atom stereocenters. The third kappa shape index (κ3) is 5.74. The van der Waals surface area contributed by atoms with Gasteiger partial charge in [0.15, 0.2) is 0 Å². The number of carbonyl (C=O) groups is 2. The van der Waals surface area contributed by atoms with Crippen LogP contribution < -0.4 is 10.6 Å². The van der Waals surface area contributed by atoms with E-state index in [1.54, 1.807) is 18.6 Å². The maximum atomic E-state index is 13.2. The highest BCUT2D eigenvalue weighted by Crippen LogP contribution is 2.38. The first-order valence-electron chi connectivity index (χ1n) is 12.5. The summed E-state index contributed by atoms with van der Waals surface area (Å²) in [6, 6.07) is 19.7. The maximum absolute atomic E-state index is 13.2. The number of non-ortho nitro benzene ring substituents is 1. The van der Waals surface area contributed by atoms with Gasteiger partial charge in [-0.1, -0.05) is 36.4 Å². The van der Waals surface area contributed by atoms with Crippen molar-refractivity contribution in [3.05, 3.63) is 106 Å². The number of nitro groups is 1. The number of aromatic nitrogens is 2. The Morgan fingerprint density at radius 1 is 1.10 bits per heavy atom. The van der Waals surface area contributed by atoms with Crippen LogP contribution in [0.5, 0.6) is 0 Å². The Bertz CT molecular complexity index is 1540. The zero-order valence-corrected chi connectivity index (χ0v) is 21.2. The summed E-state index contributed by atoms with van der Waals surface area (Å²) < 4.78 is 0. The SMILES string of the molecule is CC(=O)NCCCc1ccc(C(=Nc2ccc(-c3cnc[nH]3)cc2)C2C(=O)Nc3ccc([N+](=O)[O-])cc32)cc1. The second-order valence-electron chi connectivity index (χ2n) is 9.24. The molecular formula is C29H26N6O4. The standard InChI is InChI=1S/C29H26N6O4/c1-18(36)31-14-2-3-19-4-6-21(7-5-19)28(33-22-10-8-20(9-11-22)26-16-30-17-32-26)27-24-15-23(35(38)39)12-13-25(24)34-29(27)37/h4-13,15-17,27H,2-3,14H2,1H3,(H,30,32)(H,31,36)(H,34,37). The molecule has 3 aromatic carbocycles. The number of nitrogens with zero attached hydrogens (tertiary/aromatic N) is 3. The third-order valence-electron chi connectivity index (χ3n) is 6.54. The first kappa shape index (κ1) is 25.5. The lowest BCUT2D eigenvalue weighted by Gasteiger charge is -2.15. The molecule has 1 aliphatic heterocycles. The second-order valence-corrected chi connectivity index (χ2v) is 9.24. The van der Waals surface area contributed by atoms with Gasteiger partial charge in [-0.3, -0.25) is 24.7 Å². The Hall–Kier alpha value is -5.12. The molecule has 1 aromatic heterocycles. The number of amides is 2. The van der Waals surface area contributed by atoms with E-state index in [9.17, 15) is 19.7 Å². The van der Waals surface area contributed by atoms with Crippen molar-refractivity contribution in [3.8, 4) is 11.3 Å². The largest absolute Gasteiger partial charge is 0.356 e. The van der Waals surface area contributed by atoms with Crippen molar-refractivity contribution in [2.45, 2.75) is 25.7 Å². The minimum atomic E-state index is -0.821. The first-order valence-corrected chi connectivity index (χ1v) is 12.5. The summed E-state index contributed by atoms with van der Waals surface area (Å²) >= 11 is 0. The van der Waals surface area contributed by atoms with E-state index in [-0.39, 0.29) is 17.5 Å². The van der Waals surface area contributed by atoms with Gasteiger partial charge in [-0.05, 0) is 47.7 Å². The van der Waals surface area contributed by atoms with Gasteiger partial charge in [0.25, 0.3) is 5.69 Å². The van der Waals surface area contributed by atoms with E-state index in [1.807, 2.05) is 48.5 Å². The normalized spacial score (nSPS) is 14.5. The number of aromatic amines is 1. The number of anilines is 1. The van der Waals surface area contributed by atoms with E-state index in [0.717, 1.165) is 35.2 Å². The molecule has 10 nitrogen and oxygen atoms in total. The predicted molar refractivity (Wildman–Crippen MR) is 148 cm³/mol. The van der Waals surface area contributed by atoms with Crippen LogP contribution in [0.2, 0.25) is 0 Å². The molecule has 3 N–H and O–H groups in total. The van der Waals surface area contributed by atoms with E-state index in [4.69, 9.17) is 4.99 Å². The van der Waals surface area contributed by atoms with Gasteiger partial charge in [-0.25, -0.2) is 4.98 Å². The van der Waals surface area contributed by atoms with E-state index in [0.29, 0.717) is 29.2 Å². The number of rotatable bonds is 9. The van der Waals surface area contributed by atoms with Crippen molar-refractivity contribution in [3.63, 3.8) is 0 Å². The molecule has 1 aliphatic rings. The van der Waals surface area contributed by atoms with E-state index in [1.165, 1.54) is 19.1 Å². The summed E-state index contributed by atoms with van der Waals surface area (Å²) in [5, 5.41) is 17.1. The number of fused-ring (bicyclic) bond motifs is 1. The fraction of sp³-hybridized carbons (Fsp3) is 0.172. The van der Waals surface area contributed by atoms with Crippen LogP contribution in [-0.2, 0) is 16.0 Å². The van der Waals surface area contributed by atoms with Crippen molar-refractivity contribution in [2.24, 2.45) is 4.99 Å². The Balaban J connectivity index is 1.51. The number of hydrogen-bond acceptors (Lipinski definition) is 6. The van der Waals surface area contributed by atoms with Crippen LogP contribution in [0.1, 0.15) is 36.0 Å². The zero-order valence-electron chi connectivity index (χ0n) is 21.2. The fourth-order valence-electron chi connectivity index (χ4n) is 4.60. The molecule has 0 saturated heterocycles. The van der Waals surface area contributed by atoms with Crippen LogP contribution in [0.4, 0.5) is 17.1 Å². The molecule has 5 rings (SSSR count). The van der Waals surface area contributed by atoms with Crippen LogP contribution in [0.25, 0.3) is 11.3 Å². The fourth-order valence-corrected chi connectivity index (χ4v) is 4.60. The summed E-state index contributed by atoms with van der Waals surface area (Å²) in [5.41, 5.74) is 5.72. The summed E-state index contributed by atoms with van der Waals surface area (Å²) in [6.07, 6.45) is 4.91. The molecule has 2 heterocycles. The summed E-state index contributed by atoms with van der Waals surface area (Å²) in [7, 11) is 0. The van der Waals surface area contributed by atoms with Gasteiger partial charge >= 0.3 is 0 Å². The van der Waals surface area contributed by atoms with Crippen LogP contribution in [0, 0.1) is 10.1 Å². The summed E-state index contributed by atoms with van der Waals surface area (Å²) in [6.45, 7) is 2.09. The molecule has 4 aromatic rings. The van der Waals surface area contributed by atoms with Crippen LogP contribution >= 0.6 is 0 Å². The van der Waals surface area contributed by atoms with Crippen molar-refractivity contribution < 1.29 is 14.5 Å². The summed E-state index contributed by atoms with van der Waals surface area (Å²) in [4.78, 5) is 47.3. The van der Waals surface area contributed by atoms with Gasteiger partial charge in [0.05, 0.1) is 34.5 Å². The first-order chi connectivity index (χ1) is 18.9. The average Bonchev–Trinajstić information content (AvgIpc) is 3.58. The maximum Gasteiger partial charge on any atom is 0.269 e. The van der Waals surface area contributed by atoms with Gasteiger partial charge in [0.1, 0.15) is 5.92 Å². The molecule has 0 aliphatic carbocycles. The number of aryl methyl sites for hydroxylation is 1. The number of nitro benzene ring substituents is 1. The lowest BCUT2D eigenvalue weighted by atomic mass is 9.89. The lowest BCUT2D eigenvalue weighted by Crippen LogP contribution is -2.22. The number of aliphatic imine (C=N–C) groups is 1. The van der Waals surface area contributed by atoms with E-state index >= 15 is 0 Å². The van der Waals surface area contributed by atoms with Gasteiger partial charge in [-0.2, -0.15) is 0 Å². The molecule has 2 amide bonds. The molecular weight excluding hydrogens is 496 g/mol. The Kier molecular flexibility index (Phi) is 7.26. The quantitative estimate of drug-likeness (QED) is 0.124. The Morgan fingerprint density at radius 3 is 2.54 bits per heavy atom. The summed E-state index contributed by atoms with van der Waals surface area (Å²) in [5.74, 6) is -1.17. The van der Waals surface area contributed by atoms with Crippen molar-refractivity contribution >= 4 is 34.6 Å². The molecule has 39 heavy (non-hydrogen) atoms. The van der Waals surface area contributed by atoms with Gasteiger partial charge in [0.2, 0.25) is 11.8 Å².